The Balaban J connectivity index is 1.25. The fraction of sp³-hybridized carbons (Fsp3) is 0.345. The van der Waals surface area contributed by atoms with Crippen LogP contribution in [-0.4, -0.2) is 99.5 Å². The van der Waals surface area contributed by atoms with Gasteiger partial charge >= 0.3 is 6.18 Å². The summed E-state index contributed by atoms with van der Waals surface area (Å²) in [6.07, 6.45) is -0.358. The van der Waals surface area contributed by atoms with Crippen molar-refractivity contribution in [2.75, 3.05) is 62.3 Å². The molecule has 0 spiro atoms. The first-order valence-electron chi connectivity index (χ1n) is 13.7. The monoisotopic (exact) mass is 594 g/mol. The molecule has 14 heteroatoms. The van der Waals surface area contributed by atoms with Crippen molar-refractivity contribution < 1.29 is 27.8 Å². The number of carbonyl (C=O) groups is 1. The number of hydrogen-bond acceptors (Lipinski definition) is 9. The number of alkyl halides is 3. The molecule has 11 nitrogen and oxygen atoms in total. The molecule has 1 atom stereocenters. The van der Waals surface area contributed by atoms with E-state index in [1.54, 1.807) is 9.80 Å². The number of halogens is 3. The first-order chi connectivity index (χ1) is 20.7. The van der Waals surface area contributed by atoms with E-state index in [4.69, 9.17) is 4.74 Å². The molecule has 2 saturated heterocycles. The number of nitrogens with one attached hydrogen (secondary N) is 1. The van der Waals surface area contributed by atoms with Crippen LogP contribution in [0.15, 0.2) is 61.7 Å². The Kier molecular flexibility index (Phi) is 7.48. The van der Waals surface area contributed by atoms with Gasteiger partial charge in [-0.15, -0.1) is 0 Å². The second kappa shape index (κ2) is 11.3. The summed E-state index contributed by atoms with van der Waals surface area (Å²) < 4.78 is 48.8. The molecule has 1 amide bonds. The number of rotatable bonds is 6. The lowest BCUT2D eigenvalue weighted by Gasteiger charge is -2.35. The maximum atomic E-state index is 14.5. The van der Waals surface area contributed by atoms with E-state index in [-0.39, 0.29) is 17.4 Å². The molecule has 224 valence electrons. The third-order valence-electron chi connectivity index (χ3n) is 7.84. The summed E-state index contributed by atoms with van der Waals surface area (Å²) in [5, 5.41) is 11.9. The minimum Gasteiger partial charge on any atom is -0.378 e. The van der Waals surface area contributed by atoms with Gasteiger partial charge in [0, 0.05) is 62.9 Å². The molecule has 1 unspecified atom stereocenters. The molecule has 1 aromatic carbocycles. The van der Waals surface area contributed by atoms with Crippen LogP contribution >= 0.6 is 0 Å². The number of carbonyl (C=O) groups excluding carboxylic acids is 1. The lowest BCUT2D eigenvalue weighted by atomic mass is 9.86. The van der Waals surface area contributed by atoms with Crippen LogP contribution in [0.25, 0.3) is 22.3 Å². The average molecular weight is 595 g/mol. The van der Waals surface area contributed by atoms with Crippen molar-refractivity contribution in [2.45, 2.75) is 11.8 Å². The number of aromatic amines is 1. The van der Waals surface area contributed by atoms with Gasteiger partial charge in [-0.2, -0.15) is 13.2 Å². The van der Waals surface area contributed by atoms with Gasteiger partial charge in [-0.25, -0.2) is 19.9 Å². The standard InChI is InChI=1S/C29H29F3N8O3/c1-2-24(41)38-7-9-40(10-8-38)27-33-16-21(17-34-27)28(42,29(30,31)32)20-5-3-19(4-6-20)23-15-22-25(37-23)35-18-36-26(22)39-11-13-43-14-12-39/h2-6,15-18,42H,1,7-14H2,(H,35,36,37). The Hall–Kier alpha value is -4.56. The maximum absolute atomic E-state index is 14.5. The summed E-state index contributed by atoms with van der Waals surface area (Å²) in [6.45, 7) is 7.69. The van der Waals surface area contributed by atoms with Gasteiger partial charge in [0.2, 0.25) is 17.5 Å². The van der Waals surface area contributed by atoms with Crippen LogP contribution in [0.4, 0.5) is 24.9 Å². The fourth-order valence-electron chi connectivity index (χ4n) is 5.42. The number of ether oxygens (including phenoxy) is 1. The third kappa shape index (κ3) is 5.27. The smallest absolute Gasteiger partial charge is 0.378 e. The van der Waals surface area contributed by atoms with Crippen LogP contribution in [0.1, 0.15) is 11.1 Å². The normalized spacial score (nSPS) is 17.6. The van der Waals surface area contributed by atoms with Gasteiger partial charge in [0.1, 0.15) is 17.8 Å². The van der Waals surface area contributed by atoms with Crippen LogP contribution in [0.5, 0.6) is 0 Å². The molecule has 5 heterocycles. The number of amides is 1. The van der Waals surface area contributed by atoms with E-state index in [0.717, 1.165) is 23.6 Å². The quantitative estimate of drug-likeness (QED) is 0.325. The van der Waals surface area contributed by atoms with Gasteiger partial charge in [0.15, 0.2) is 0 Å². The summed E-state index contributed by atoms with van der Waals surface area (Å²) in [7, 11) is 0. The van der Waals surface area contributed by atoms with E-state index in [1.165, 1.54) is 36.7 Å². The molecule has 2 aliphatic heterocycles. The van der Waals surface area contributed by atoms with Crippen molar-refractivity contribution in [3.05, 3.63) is 72.8 Å². The zero-order valence-electron chi connectivity index (χ0n) is 23.1. The van der Waals surface area contributed by atoms with Gasteiger partial charge < -0.3 is 29.5 Å². The number of fused-ring (bicyclic) bond motifs is 1. The molecule has 6 rings (SSSR count). The minimum atomic E-state index is -5.06. The highest BCUT2D eigenvalue weighted by atomic mass is 19.4. The number of H-pyrrole nitrogens is 1. The second-order valence-electron chi connectivity index (χ2n) is 10.3. The Labute approximate surface area is 244 Å². The van der Waals surface area contributed by atoms with Crippen LogP contribution in [0.2, 0.25) is 0 Å². The topological polar surface area (TPSA) is 124 Å². The molecule has 3 aromatic heterocycles. The number of piperazine rings is 1. The predicted octanol–water partition coefficient (Wildman–Crippen LogP) is 2.88. The number of aromatic nitrogens is 5. The summed E-state index contributed by atoms with van der Waals surface area (Å²) in [5.74, 6) is 0.787. The van der Waals surface area contributed by atoms with Crippen LogP contribution in [0.3, 0.4) is 0 Å². The van der Waals surface area contributed by atoms with Crippen molar-refractivity contribution in [1.29, 1.82) is 0 Å². The maximum Gasteiger partial charge on any atom is 0.425 e. The first kappa shape index (κ1) is 28.6. The Morgan fingerprint density at radius 2 is 1.60 bits per heavy atom. The second-order valence-corrected chi connectivity index (χ2v) is 10.3. The van der Waals surface area contributed by atoms with Crippen molar-refractivity contribution in [3.63, 3.8) is 0 Å². The lowest BCUT2D eigenvalue weighted by Crippen LogP contribution is -2.49. The summed E-state index contributed by atoms with van der Waals surface area (Å²) in [5.41, 5.74) is -2.35. The van der Waals surface area contributed by atoms with Crippen LogP contribution < -0.4 is 9.80 Å². The van der Waals surface area contributed by atoms with Crippen molar-refractivity contribution in [3.8, 4) is 11.3 Å². The molecule has 43 heavy (non-hydrogen) atoms. The Morgan fingerprint density at radius 3 is 2.23 bits per heavy atom. The van der Waals surface area contributed by atoms with E-state index in [2.05, 4.69) is 36.4 Å². The Morgan fingerprint density at radius 1 is 0.930 bits per heavy atom. The van der Waals surface area contributed by atoms with Crippen molar-refractivity contribution in [2.24, 2.45) is 0 Å². The van der Waals surface area contributed by atoms with E-state index in [1.807, 2.05) is 6.07 Å². The number of aliphatic hydroxyl groups is 1. The number of morpholine rings is 1. The molecule has 4 aromatic rings. The Bertz CT molecular complexity index is 1610. The SMILES string of the molecule is C=CC(=O)N1CCN(c2ncc(C(O)(c3ccc(-c4cc5c(N6CCOCC6)ncnc5[nH]4)cc3)C(F)(F)F)cn2)CC1. The average Bonchev–Trinajstić information content (AvgIpc) is 3.49. The van der Waals surface area contributed by atoms with E-state index in [0.29, 0.717) is 69.4 Å². The molecular weight excluding hydrogens is 565 g/mol. The van der Waals surface area contributed by atoms with Gasteiger partial charge in [-0.3, -0.25) is 4.79 Å². The fourth-order valence-corrected chi connectivity index (χ4v) is 5.42. The molecule has 0 aliphatic carbocycles. The highest BCUT2D eigenvalue weighted by Gasteiger charge is 2.56. The molecule has 2 aliphatic rings. The van der Waals surface area contributed by atoms with Crippen LogP contribution in [0, 0.1) is 0 Å². The number of benzene rings is 1. The predicted molar refractivity (Wildman–Crippen MR) is 152 cm³/mol. The van der Waals surface area contributed by atoms with E-state index in [9.17, 15) is 23.1 Å². The number of anilines is 2. The third-order valence-corrected chi connectivity index (χ3v) is 7.84. The molecular formula is C29H29F3N8O3. The zero-order chi connectivity index (χ0) is 30.2. The van der Waals surface area contributed by atoms with E-state index < -0.39 is 17.3 Å². The molecule has 2 fully saturated rings. The number of nitrogens with zero attached hydrogens (tertiary/aromatic N) is 7. The molecule has 0 bridgehead atoms. The van der Waals surface area contributed by atoms with Crippen molar-refractivity contribution in [1.82, 2.24) is 29.8 Å². The minimum absolute atomic E-state index is 0.187. The van der Waals surface area contributed by atoms with Gasteiger partial charge in [-0.1, -0.05) is 30.8 Å². The number of hydrogen-bond donors (Lipinski definition) is 2. The molecule has 0 saturated carbocycles. The first-order valence-corrected chi connectivity index (χ1v) is 13.7. The van der Waals surface area contributed by atoms with Gasteiger partial charge in [-0.05, 0) is 23.3 Å². The van der Waals surface area contributed by atoms with Crippen molar-refractivity contribution >= 4 is 28.7 Å². The lowest BCUT2D eigenvalue weighted by molar-refractivity contribution is -0.248. The highest BCUT2D eigenvalue weighted by molar-refractivity contribution is 5.92. The summed E-state index contributed by atoms with van der Waals surface area (Å²) in [6, 6.07) is 7.37. The van der Waals surface area contributed by atoms with Gasteiger partial charge in [0.05, 0.1) is 18.6 Å². The largest absolute Gasteiger partial charge is 0.425 e. The molecule has 0 radical (unpaired) electrons. The zero-order valence-corrected chi connectivity index (χ0v) is 23.1. The summed E-state index contributed by atoms with van der Waals surface area (Å²) in [4.78, 5) is 37.6. The van der Waals surface area contributed by atoms with Gasteiger partial charge in [0.25, 0.3) is 0 Å². The highest BCUT2D eigenvalue weighted by Crippen LogP contribution is 2.44. The van der Waals surface area contributed by atoms with E-state index >= 15 is 0 Å². The molecule has 2 N–H and O–H groups in total. The summed E-state index contributed by atoms with van der Waals surface area (Å²) >= 11 is 0. The van der Waals surface area contributed by atoms with Crippen LogP contribution in [-0.2, 0) is 15.1 Å².